The highest BCUT2D eigenvalue weighted by molar-refractivity contribution is 7.09. The maximum atomic E-state index is 9.62. The minimum Gasteiger partial charge on any atom is -0.393 e. The number of aliphatic hydroxyl groups excluding tert-OH is 1. The summed E-state index contributed by atoms with van der Waals surface area (Å²) in [6.07, 6.45) is 5.96. The SMILES string of the molecule is CC(O)CC1CCCCCN1Cc1cccs1. The van der Waals surface area contributed by atoms with E-state index in [-0.39, 0.29) is 6.10 Å². The van der Waals surface area contributed by atoms with Gasteiger partial charge in [-0.15, -0.1) is 11.3 Å². The van der Waals surface area contributed by atoms with Crippen molar-refractivity contribution < 1.29 is 5.11 Å². The molecule has 2 atom stereocenters. The number of rotatable bonds is 4. The van der Waals surface area contributed by atoms with Crippen LogP contribution in [0.25, 0.3) is 0 Å². The molecule has 2 heterocycles. The van der Waals surface area contributed by atoms with Gasteiger partial charge in [0.2, 0.25) is 0 Å². The Balaban J connectivity index is 1.98. The van der Waals surface area contributed by atoms with Crippen LogP contribution in [0.5, 0.6) is 0 Å². The van der Waals surface area contributed by atoms with Gasteiger partial charge in [0.15, 0.2) is 0 Å². The van der Waals surface area contributed by atoms with E-state index in [1.807, 2.05) is 18.3 Å². The summed E-state index contributed by atoms with van der Waals surface area (Å²) in [6.45, 7) is 4.17. The van der Waals surface area contributed by atoms with Gasteiger partial charge < -0.3 is 5.11 Å². The van der Waals surface area contributed by atoms with Gasteiger partial charge in [0, 0.05) is 17.5 Å². The lowest BCUT2D eigenvalue weighted by atomic mass is 10.0. The van der Waals surface area contributed by atoms with Gasteiger partial charge in [0.25, 0.3) is 0 Å². The van der Waals surface area contributed by atoms with Gasteiger partial charge in [0.1, 0.15) is 0 Å². The molecule has 1 fully saturated rings. The second-order valence-corrected chi connectivity index (χ2v) is 6.17. The van der Waals surface area contributed by atoms with Crippen LogP contribution in [0, 0.1) is 0 Å². The van der Waals surface area contributed by atoms with Crippen LogP contribution in [0.3, 0.4) is 0 Å². The normalized spacial score (nSPS) is 24.5. The predicted molar refractivity (Wildman–Crippen MR) is 73.3 cm³/mol. The molecule has 0 amide bonds. The fraction of sp³-hybridized carbons (Fsp3) is 0.714. The van der Waals surface area contributed by atoms with Gasteiger partial charge >= 0.3 is 0 Å². The molecule has 1 N–H and O–H groups in total. The van der Waals surface area contributed by atoms with Crippen LogP contribution in [0.2, 0.25) is 0 Å². The van der Waals surface area contributed by atoms with E-state index in [9.17, 15) is 5.11 Å². The summed E-state index contributed by atoms with van der Waals surface area (Å²) in [7, 11) is 0. The molecule has 3 heteroatoms. The van der Waals surface area contributed by atoms with Crippen LogP contribution in [0.15, 0.2) is 17.5 Å². The highest BCUT2D eigenvalue weighted by atomic mass is 32.1. The first-order chi connectivity index (χ1) is 8.25. The zero-order valence-electron chi connectivity index (χ0n) is 10.6. The van der Waals surface area contributed by atoms with Crippen LogP contribution < -0.4 is 0 Å². The van der Waals surface area contributed by atoms with Crippen molar-refractivity contribution >= 4 is 11.3 Å². The average molecular weight is 253 g/mol. The number of hydrogen-bond donors (Lipinski definition) is 1. The van der Waals surface area contributed by atoms with Crippen LogP contribution in [-0.4, -0.2) is 28.7 Å². The Labute approximate surface area is 108 Å². The predicted octanol–water partition coefficient (Wildman–Crippen LogP) is 3.26. The third-order valence-electron chi connectivity index (χ3n) is 3.55. The highest BCUT2D eigenvalue weighted by Crippen LogP contribution is 2.23. The van der Waals surface area contributed by atoms with E-state index in [2.05, 4.69) is 22.4 Å². The molecule has 96 valence electrons. The standard InChI is InChI=1S/C14H23NOS/c1-12(16)10-13-6-3-2-4-8-15(13)11-14-7-5-9-17-14/h5,7,9,12-13,16H,2-4,6,8,10-11H2,1H3. The molecular weight excluding hydrogens is 230 g/mol. The first-order valence-corrected chi connectivity index (χ1v) is 7.58. The van der Waals surface area contributed by atoms with E-state index in [4.69, 9.17) is 0 Å². The molecule has 17 heavy (non-hydrogen) atoms. The smallest absolute Gasteiger partial charge is 0.0527 e. The number of thiophene rings is 1. The second kappa shape index (κ2) is 6.53. The Morgan fingerprint density at radius 1 is 1.47 bits per heavy atom. The van der Waals surface area contributed by atoms with Crippen LogP contribution in [0.4, 0.5) is 0 Å². The lowest BCUT2D eigenvalue weighted by molar-refractivity contribution is 0.109. The summed E-state index contributed by atoms with van der Waals surface area (Å²) < 4.78 is 0. The first-order valence-electron chi connectivity index (χ1n) is 6.70. The molecule has 2 nitrogen and oxygen atoms in total. The minimum absolute atomic E-state index is 0.177. The summed E-state index contributed by atoms with van der Waals surface area (Å²) in [5.74, 6) is 0. The van der Waals surface area contributed by atoms with Crippen molar-refractivity contribution in [2.24, 2.45) is 0 Å². The lowest BCUT2D eigenvalue weighted by Gasteiger charge is -2.30. The van der Waals surface area contributed by atoms with Gasteiger partial charge in [-0.2, -0.15) is 0 Å². The lowest BCUT2D eigenvalue weighted by Crippen LogP contribution is -2.36. The Morgan fingerprint density at radius 3 is 3.06 bits per heavy atom. The van der Waals surface area contributed by atoms with E-state index in [0.29, 0.717) is 6.04 Å². The third kappa shape index (κ3) is 4.09. The fourth-order valence-corrected chi connectivity index (χ4v) is 3.44. The summed E-state index contributed by atoms with van der Waals surface area (Å²) in [4.78, 5) is 4.02. The largest absolute Gasteiger partial charge is 0.393 e. The highest BCUT2D eigenvalue weighted by Gasteiger charge is 2.22. The van der Waals surface area contributed by atoms with E-state index >= 15 is 0 Å². The van der Waals surface area contributed by atoms with Crippen molar-refractivity contribution in [1.29, 1.82) is 0 Å². The quantitative estimate of drug-likeness (QED) is 0.890. The third-order valence-corrected chi connectivity index (χ3v) is 4.41. The number of aliphatic hydroxyl groups is 1. The van der Waals surface area contributed by atoms with E-state index in [1.165, 1.54) is 37.1 Å². The summed E-state index contributed by atoms with van der Waals surface area (Å²) in [5.41, 5.74) is 0. The molecule has 0 saturated carbocycles. The first kappa shape index (κ1) is 13.1. The molecule has 1 saturated heterocycles. The number of likely N-dealkylation sites (tertiary alicyclic amines) is 1. The van der Waals surface area contributed by atoms with Crippen LogP contribution in [0.1, 0.15) is 43.9 Å². The summed E-state index contributed by atoms with van der Waals surface area (Å²) in [5, 5.41) is 11.8. The molecule has 2 unspecified atom stereocenters. The molecule has 0 radical (unpaired) electrons. The number of nitrogens with zero attached hydrogens (tertiary/aromatic N) is 1. The zero-order chi connectivity index (χ0) is 12.1. The minimum atomic E-state index is -0.177. The number of hydrogen-bond acceptors (Lipinski definition) is 3. The maximum absolute atomic E-state index is 9.62. The van der Waals surface area contributed by atoms with Crippen molar-refractivity contribution in [1.82, 2.24) is 4.90 Å². The van der Waals surface area contributed by atoms with Crippen molar-refractivity contribution in [2.75, 3.05) is 6.54 Å². The molecule has 1 aliphatic heterocycles. The Hall–Kier alpha value is -0.380. The average Bonchev–Trinajstić information content (AvgIpc) is 2.69. The van der Waals surface area contributed by atoms with Crippen molar-refractivity contribution in [3.8, 4) is 0 Å². The van der Waals surface area contributed by atoms with E-state index in [0.717, 1.165) is 13.0 Å². The van der Waals surface area contributed by atoms with E-state index in [1.54, 1.807) is 0 Å². The monoisotopic (exact) mass is 253 g/mol. The van der Waals surface area contributed by atoms with Crippen LogP contribution in [-0.2, 0) is 6.54 Å². The Bertz CT molecular complexity index is 310. The van der Waals surface area contributed by atoms with Gasteiger partial charge in [0.05, 0.1) is 6.10 Å². The molecule has 1 aromatic heterocycles. The van der Waals surface area contributed by atoms with Gasteiger partial charge in [-0.25, -0.2) is 0 Å². The molecular formula is C14H23NOS. The van der Waals surface area contributed by atoms with Crippen LogP contribution >= 0.6 is 11.3 Å². The summed E-state index contributed by atoms with van der Waals surface area (Å²) >= 11 is 1.84. The van der Waals surface area contributed by atoms with Gasteiger partial charge in [-0.05, 0) is 44.2 Å². The van der Waals surface area contributed by atoms with Crippen molar-refractivity contribution in [2.45, 2.75) is 57.7 Å². The maximum Gasteiger partial charge on any atom is 0.0527 e. The van der Waals surface area contributed by atoms with Gasteiger partial charge in [-0.3, -0.25) is 4.90 Å². The van der Waals surface area contributed by atoms with Gasteiger partial charge in [-0.1, -0.05) is 18.9 Å². The molecule has 2 rings (SSSR count). The van der Waals surface area contributed by atoms with Crippen molar-refractivity contribution in [3.05, 3.63) is 22.4 Å². The molecule has 0 aliphatic carbocycles. The molecule has 1 aliphatic rings. The Kier molecular flexibility index (Phi) is 5.01. The molecule has 0 aromatic carbocycles. The molecule has 0 bridgehead atoms. The zero-order valence-corrected chi connectivity index (χ0v) is 11.5. The second-order valence-electron chi connectivity index (χ2n) is 5.14. The van der Waals surface area contributed by atoms with Crippen molar-refractivity contribution in [3.63, 3.8) is 0 Å². The van der Waals surface area contributed by atoms with E-state index < -0.39 is 0 Å². The fourth-order valence-electron chi connectivity index (χ4n) is 2.71. The topological polar surface area (TPSA) is 23.5 Å². The molecule has 0 spiro atoms. The summed E-state index contributed by atoms with van der Waals surface area (Å²) in [6, 6.07) is 4.91. The Morgan fingerprint density at radius 2 is 2.35 bits per heavy atom. The molecule has 1 aromatic rings.